The molecule has 0 N–H and O–H groups in total. The summed E-state index contributed by atoms with van der Waals surface area (Å²) in [7, 11) is 1.36. The molecule has 122 valence electrons. The maximum atomic E-state index is 11.3. The summed E-state index contributed by atoms with van der Waals surface area (Å²) >= 11 is 4.65. The van der Waals surface area contributed by atoms with E-state index in [9.17, 15) is 4.79 Å². The van der Waals surface area contributed by atoms with Crippen LogP contribution in [0.25, 0.3) is 0 Å². The zero-order valence-corrected chi connectivity index (χ0v) is 15.0. The van der Waals surface area contributed by atoms with Gasteiger partial charge in [-0.15, -0.1) is 16.8 Å². The summed E-state index contributed by atoms with van der Waals surface area (Å²) in [5.41, 5.74) is 0. The van der Waals surface area contributed by atoms with E-state index in [0.717, 1.165) is 10.2 Å². The van der Waals surface area contributed by atoms with Gasteiger partial charge in [-0.3, -0.25) is 9.36 Å². The minimum atomic E-state index is -0.309. The highest BCUT2D eigenvalue weighted by Gasteiger charge is 2.14. The predicted molar refractivity (Wildman–Crippen MR) is 91.4 cm³/mol. The number of nitrogens with zero attached hydrogens (tertiary/aromatic N) is 3. The van der Waals surface area contributed by atoms with Crippen molar-refractivity contribution in [2.75, 3.05) is 12.9 Å². The summed E-state index contributed by atoms with van der Waals surface area (Å²) in [6.45, 7) is 4.55. The Labute approximate surface area is 147 Å². The molecular weight excluding hydrogens is 382 g/mol. The number of carbonyl (C=O) groups is 1. The molecule has 2 rings (SSSR count). The lowest BCUT2D eigenvalue weighted by Gasteiger charge is -2.09. The van der Waals surface area contributed by atoms with Crippen molar-refractivity contribution in [3.8, 4) is 5.75 Å². The van der Waals surface area contributed by atoms with Gasteiger partial charge in [-0.1, -0.05) is 33.8 Å². The van der Waals surface area contributed by atoms with Crippen molar-refractivity contribution in [3.63, 3.8) is 0 Å². The van der Waals surface area contributed by atoms with Gasteiger partial charge in [-0.25, -0.2) is 0 Å². The first-order chi connectivity index (χ1) is 11.1. The first kappa shape index (κ1) is 17.6. The molecule has 0 aliphatic carbocycles. The van der Waals surface area contributed by atoms with Crippen LogP contribution in [-0.2, 0) is 22.7 Å². The predicted octanol–water partition coefficient (Wildman–Crippen LogP) is 3.07. The Bertz CT molecular complexity index is 673. The second-order valence-corrected chi connectivity index (χ2v) is 6.26. The number of carbonyl (C=O) groups excluding carboxylic acids is 1. The third-order valence-corrected chi connectivity index (χ3v) is 4.30. The number of hydrogen-bond donors (Lipinski definition) is 0. The Balaban J connectivity index is 2.05. The summed E-state index contributed by atoms with van der Waals surface area (Å²) in [6, 6.07) is 7.54. The van der Waals surface area contributed by atoms with Crippen molar-refractivity contribution >= 4 is 33.7 Å². The second-order valence-electron chi connectivity index (χ2n) is 4.41. The molecule has 6 nitrogen and oxygen atoms in total. The summed E-state index contributed by atoms with van der Waals surface area (Å²) < 4.78 is 13.2. The molecule has 0 fully saturated rings. The SMILES string of the molecule is C=CCn1c(COc2ccc(Br)cc2)nnc1SCC(=O)OC. The van der Waals surface area contributed by atoms with Crippen LogP contribution in [0.5, 0.6) is 5.75 Å². The average molecular weight is 398 g/mol. The van der Waals surface area contributed by atoms with E-state index >= 15 is 0 Å². The van der Waals surface area contributed by atoms with Crippen molar-refractivity contribution in [3.05, 3.63) is 47.2 Å². The summed E-state index contributed by atoms with van der Waals surface area (Å²) in [5.74, 6) is 1.28. The van der Waals surface area contributed by atoms with Crippen LogP contribution in [0.15, 0.2) is 46.5 Å². The number of allylic oxidation sites excluding steroid dienone is 1. The summed E-state index contributed by atoms with van der Waals surface area (Å²) in [5, 5.41) is 8.86. The molecule has 0 unspecified atom stereocenters. The maximum Gasteiger partial charge on any atom is 0.316 e. The normalized spacial score (nSPS) is 10.3. The number of rotatable bonds is 8. The zero-order chi connectivity index (χ0) is 16.7. The van der Waals surface area contributed by atoms with E-state index in [2.05, 4.69) is 37.4 Å². The quantitative estimate of drug-likeness (QED) is 0.387. The highest BCUT2D eigenvalue weighted by atomic mass is 79.9. The fraction of sp³-hybridized carbons (Fsp3) is 0.267. The molecule has 8 heteroatoms. The number of aromatic nitrogens is 3. The van der Waals surface area contributed by atoms with Gasteiger partial charge in [0.15, 0.2) is 11.0 Å². The number of ether oxygens (including phenoxy) is 2. The Kier molecular flexibility index (Phi) is 6.66. The molecule has 1 heterocycles. The minimum Gasteiger partial charge on any atom is -0.486 e. The van der Waals surface area contributed by atoms with Gasteiger partial charge in [-0.2, -0.15) is 0 Å². The highest BCUT2D eigenvalue weighted by Crippen LogP contribution is 2.20. The largest absolute Gasteiger partial charge is 0.486 e. The Morgan fingerprint density at radius 1 is 1.39 bits per heavy atom. The van der Waals surface area contributed by atoms with Gasteiger partial charge in [0.2, 0.25) is 0 Å². The topological polar surface area (TPSA) is 66.2 Å². The molecule has 0 saturated carbocycles. The van der Waals surface area contributed by atoms with Crippen LogP contribution in [0.1, 0.15) is 5.82 Å². The fourth-order valence-corrected chi connectivity index (χ4v) is 2.77. The van der Waals surface area contributed by atoms with Gasteiger partial charge >= 0.3 is 5.97 Å². The average Bonchev–Trinajstić information content (AvgIpc) is 2.94. The van der Waals surface area contributed by atoms with Gasteiger partial charge in [0.05, 0.1) is 12.9 Å². The number of hydrogen-bond acceptors (Lipinski definition) is 6. The third-order valence-electron chi connectivity index (χ3n) is 2.83. The van der Waals surface area contributed by atoms with Crippen LogP contribution in [0.3, 0.4) is 0 Å². The van der Waals surface area contributed by atoms with Crippen LogP contribution < -0.4 is 4.74 Å². The number of halogens is 1. The van der Waals surface area contributed by atoms with E-state index in [-0.39, 0.29) is 18.3 Å². The lowest BCUT2D eigenvalue weighted by molar-refractivity contribution is -0.137. The van der Waals surface area contributed by atoms with E-state index < -0.39 is 0 Å². The van der Waals surface area contributed by atoms with Crippen LogP contribution in [0.2, 0.25) is 0 Å². The molecule has 23 heavy (non-hydrogen) atoms. The lowest BCUT2D eigenvalue weighted by atomic mass is 10.3. The summed E-state index contributed by atoms with van der Waals surface area (Å²) in [4.78, 5) is 11.3. The van der Waals surface area contributed by atoms with Crippen LogP contribution in [0, 0.1) is 0 Å². The van der Waals surface area contributed by atoms with Crippen LogP contribution >= 0.6 is 27.7 Å². The lowest BCUT2D eigenvalue weighted by Crippen LogP contribution is -2.09. The monoisotopic (exact) mass is 397 g/mol. The van der Waals surface area contributed by atoms with Gasteiger partial charge in [0.1, 0.15) is 12.4 Å². The number of methoxy groups -OCH3 is 1. The molecule has 1 aromatic heterocycles. The van der Waals surface area contributed by atoms with Gasteiger partial charge < -0.3 is 9.47 Å². The second kappa shape index (κ2) is 8.73. The fourth-order valence-electron chi connectivity index (χ4n) is 1.71. The molecule has 0 amide bonds. The Morgan fingerprint density at radius 2 is 2.13 bits per heavy atom. The molecule has 2 aromatic rings. The van der Waals surface area contributed by atoms with Crippen molar-refractivity contribution in [2.24, 2.45) is 0 Å². The van der Waals surface area contributed by atoms with Crippen LogP contribution in [-0.4, -0.2) is 33.6 Å². The molecule has 0 aliphatic heterocycles. The smallest absolute Gasteiger partial charge is 0.316 e. The van der Waals surface area contributed by atoms with E-state index in [1.54, 1.807) is 6.08 Å². The van der Waals surface area contributed by atoms with Crippen LogP contribution in [0.4, 0.5) is 0 Å². The van der Waals surface area contributed by atoms with E-state index in [1.165, 1.54) is 18.9 Å². The molecule has 0 aliphatic rings. The van der Waals surface area contributed by atoms with E-state index in [0.29, 0.717) is 17.5 Å². The van der Waals surface area contributed by atoms with Gasteiger partial charge in [-0.05, 0) is 24.3 Å². The number of esters is 1. The molecule has 0 radical (unpaired) electrons. The van der Waals surface area contributed by atoms with Gasteiger partial charge in [0.25, 0.3) is 0 Å². The standard InChI is InChI=1S/C15H16BrN3O3S/c1-3-8-19-13(9-22-12-6-4-11(16)5-7-12)17-18-15(19)23-10-14(20)21-2/h3-7H,1,8-10H2,2H3. The molecule has 1 aromatic carbocycles. The maximum absolute atomic E-state index is 11.3. The molecular formula is C15H16BrN3O3S. The highest BCUT2D eigenvalue weighted by molar-refractivity contribution is 9.10. The minimum absolute atomic E-state index is 0.180. The first-order valence-corrected chi connectivity index (χ1v) is 8.53. The van der Waals surface area contributed by atoms with E-state index in [1.807, 2.05) is 28.8 Å². The van der Waals surface area contributed by atoms with Crippen molar-refractivity contribution < 1.29 is 14.3 Å². The van der Waals surface area contributed by atoms with Crippen molar-refractivity contribution in [1.29, 1.82) is 0 Å². The first-order valence-electron chi connectivity index (χ1n) is 6.75. The molecule has 0 saturated heterocycles. The van der Waals surface area contributed by atoms with E-state index in [4.69, 9.17) is 4.74 Å². The third kappa shape index (κ3) is 5.11. The zero-order valence-electron chi connectivity index (χ0n) is 12.6. The van der Waals surface area contributed by atoms with Gasteiger partial charge in [0, 0.05) is 11.0 Å². The molecule has 0 spiro atoms. The summed E-state index contributed by atoms with van der Waals surface area (Å²) in [6.07, 6.45) is 1.74. The Morgan fingerprint density at radius 3 is 2.78 bits per heavy atom. The Hall–Kier alpha value is -1.80. The molecule has 0 bridgehead atoms. The number of thioether (sulfide) groups is 1. The van der Waals surface area contributed by atoms with Crippen molar-refractivity contribution in [1.82, 2.24) is 14.8 Å². The molecule has 0 atom stereocenters. The number of benzene rings is 1. The van der Waals surface area contributed by atoms with Crippen molar-refractivity contribution in [2.45, 2.75) is 18.3 Å².